The SMILES string of the molecule is Fc1ccc(-c2noc(C3CC[NH2+]CC3)n2)cc1. The van der Waals surface area contributed by atoms with Crippen molar-refractivity contribution in [2.75, 3.05) is 13.1 Å². The fraction of sp³-hybridized carbons (Fsp3) is 0.385. The van der Waals surface area contributed by atoms with Crippen molar-refractivity contribution in [3.05, 3.63) is 36.0 Å². The molecule has 1 aliphatic rings. The number of hydrogen-bond acceptors (Lipinski definition) is 3. The highest BCUT2D eigenvalue weighted by Gasteiger charge is 2.23. The number of hydrogen-bond donors (Lipinski definition) is 1. The molecular formula is C13H15FN3O+. The lowest BCUT2D eigenvalue weighted by molar-refractivity contribution is -0.663. The highest BCUT2D eigenvalue weighted by atomic mass is 19.1. The molecule has 0 radical (unpaired) electrons. The first-order chi connectivity index (χ1) is 8.83. The molecule has 0 atom stereocenters. The van der Waals surface area contributed by atoms with Crippen LogP contribution in [0.4, 0.5) is 4.39 Å². The van der Waals surface area contributed by atoms with Crippen molar-refractivity contribution in [3.63, 3.8) is 0 Å². The molecule has 1 aliphatic heterocycles. The van der Waals surface area contributed by atoms with E-state index in [9.17, 15) is 4.39 Å². The summed E-state index contributed by atoms with van der Waals surface area (Å²) in [5.74, 6) is 1.36. The number of nitrogens with two attached hydrogens (primary N) is 1. The van der Waals surface area contributed by atoms with Gasteiger partial charge in [-0.2, -0.15) is 4.98 Å². The summed E-state index contributed by atoms with van der Waals surface area (Å²) in [4.78, 5) is 4.42. The van der Waals surface area contributed by atoms with E-state index >= 15 is 0 Å². The van der Waals surface area contributed by atoms with Crippen molar-refractivity contribution < 1.29 is 14.2 Å². The van der Waals surface area contributed by atoms with Gasteiger partial charge in [0.15, 0.2) is 0 Å². The Hall–Kier alpha value is -1.75. The third kappa shape index (κ3) is 2.26. The first kappa shape index (κ1) is 11.3. The maximum absolute atomic E-state index is 12.8. The van der Waals surface area contributed by atoms with Crippen LogP contribution in [0.15, 0.2) is 28.8 Å². The van der Waals surface area contributed by atoms with E-state index in [0.29, 0.717) is 17.6 Å². The van der Waals surface area contributed by atoms with Crippen LogP contribution in [0, 0.1) is 5.82 Å². The van der Waals surface area contributed by atoms with Gasteiger partial charge in [0.2, 0.25) is 11.7 Å². The summed E-state index contributed by atoms with van der Waals surface area (Å²) in [5, 5.41) is 6.27. The van der Waals surface area contributed by atoms with Crippen LogP contribution >= 0.6 is 0 Å². The molecule has 1 aromatic carbocycles. The van der Waals surface area contributed by atoms with Crippen molar-refractivity contribution in [2.45, 2.75) is 18.8 Å². The Kier molecular flexibility index (Phi) is 3.06. The Morgan fingerprint density at radius 1 is 1.17 bits per heavy atom. The van der Waals surface area contributed by atoms with Gasteiger partial charge in [0.05, 0.1) is 13.1 Å². The lowest BCUT2D eigenvalue weighted by Crippen LogP contribution is -2.86. The maximum Gasteiger partial charge on any atom is 0.230 e. The normalized spacial score (nSPS) is 16.9. The van der Waals surface area contributed by atoms with Crippen molar-refractivity contribution in [2.24, 2.45) is 0 Å². The molecule has 1 aromatic heterocycles. The van der Waals surface area contributed by atoms with Crippen molar-refractivity contribution in [1.82, 2.24) is 10.1 Å². The molecule has 2 aromatic rings. The lowest BCUT2D eigenvalue weighted by Gasteiger charge is -2.15. The van der Waals surface area contributed by atoms with Crippen molar-refractivity contribution >= 4 is 0 Å². The number of halogens is 1. The summed E-state index contributed by atoms with van der Waals surface area (Å²) in [5.41, 5.74) is 0.786. The van der Waals surface area contributed by atoms with Crippen LogP contribution in [0.3, 0.4) is 0 Å². The number of nitrogens with zero attached hydrogens (tertiary/aromatic N) is 2. The van der Waals surface area contributed by atoms with Crippen LogP contribution < -0.4 is 5.32 Å². The van der Waals surface area contributed by atoms with Gasteiger partial charge in [-0.05, 0) is 24.3 Å². The average molecular weight is 248 g/mol. The molecule has 0 bridgehead atoms. The summed E-state index contributed by atoms with van der Waals surface area (Å²) in [6.07, 6.45) is 2.15. The van der Waals surface area contributed by atoms with Crippen LogP contribution in [-0.2, 0) is 0 Å². The highest BCUT2D eigenvalue weighted by Crippen LogP contribution is 2.24. The minimum atomic E-state index is -0.259. The largest absolute Gasteiger partial charge is 0.346 e. The van der Waals surface area contributed by atoms with Gasteiger partial charge in [0, 0.05) is 24.3 Å². The Bertz CT molecular complexity index is 517. The molecule has 18 heavy (non-hydrogen) atoms. The molecule has 0 aliphatic carbocycles. The number of aromatic nitrogens is 2. The Morgan fingerprint density at radius 2 is 1.89 bits per heavy atom. The molecule has 5 heteroatoms. The molecule has 2 N–H and O–H groups in total. The number of quaternary nitrogens is 1. The number of piperidine rings is 1. The standard InChI is InChI=1S/C13H14FN3O/c14-11-3-1-9(2-4-11)12-16-13(18-17-12)10-5-7-15-8-6-10/h1-4,10,15H,5-8H2/p+1. The molecule has 2 heterocycles. The minimum absolute atomic E-state index is 0.259. The first-order valence-electron chi connectivity index (χ1n) is 6.24. The summed E-state index contributed by atoms with van der Waals surface area (Å²) in [6, 6.07) is 6.14. The molecule has 1 fully saturated rings. The monoisotopic (exact) mass is 248 g/mol. The molecule has 0 unspecified atom stereocenters. The molecular weight excluding hydrogens is 233 g/mol. The topological polar surface area (TPSA) is 55.5 Å². The van der Waals surface area contributed by atoms with E-state index in [1.807, 2.05) is 0 Å². The van der Waals surface area contributed by atoms with Crippen molar-refractivity contribution in [1.29, 1.82) is 0 Å². The van der Waals surface area contributed by atoms with E-state index in [1.54, 1.807) is 12.1 Å². The number of benzene rings is 1. The van der Waals surface area contributed by atoms with Crippen LogP contribution in [0.25, 0.3) is 11.4 Å². The van der Waals surface area contributed by atoms with Crippen LogP contribution in [-0.4, -0.2) is 23.2 Å². The second kappa shape index (κ2) is 4.86. The predicted octanol–water partition coefficient (Wildman–Crippen LogP) is 1.32. The summed E-state index contributed by atoms with van der Waals surface area (Å²) < 4.78 is 18.2. The smallest absolute Gasteiger partial charge is 0.230 e. The molecule has 0 spiro atoms. The van der Waals surface area contributed by atoms with Gasteiger partial charge in [0.1, 0.15) is 5.82 Å². The third-order valence-corrected chi connectivity index (χ3v) is 3.33. The summed E-state index contributed by atoms with van der Waals surface area (Å²) >= 11 is 0. The molecule has 0 saturated carbocycles. The maximum atomic E-state index is 12.8. The molecule has 1 saturated heterocycles. The Labute approximate surface area is 104 Å². The third-order valence-electron chi connectivity index (χ3n) is 3.33. The quantitative estimate of drug-likeness (QED) is 0.872. The molecule has 94 valence electrons. The van der Waals surface area contributed by atoms with Gasteiger partial charge in [-0.3, -0.25) is 0 Å². The second-order valence-electron chi connectivity index (χ2n) is 4.60. The molecule has 3 rings (SSSR count). The van der Waals surface area contributed by atoms with Gasteiger partial charge in [0.25, 0.3) is 0 Å². The van der Waals surface area contributed by atoms with Crippen molar-refractivity contribution in [3.8, 4) is 11.4 Å². The zero-order chi connectivity index (χ0) is 12.4. The van der Waals surface area contributed by atoms with E-state index in [4.69, 9.17) is 4.52 Å². The zero-order valence-electron chi connectivity index (χ0n) is 9.97. The fourth-order valence-corrected chi connectivity index (χ4v) is 2.29. The van der Waals surface area contributed by atoms with Crippen LogP contribution in [0.1, 0.15) is 24.7 Å². The minimum Gasteiger partial charge on any atom is -0.346 e. The van der Waals surface area contributed by atoms with Gasteiger partial charge in [-0.1, -0.05) is 5.16 Å². The van der Waals surface area contributed by atoms with Gasteiger partial charge < -0.3 is 9.84 Å². The van der Waals surface area contributed by atoms with Crippen LogP contribution in [0.5, 0.6) is 0 Å². The summed E-state index contributed by atoms with van der Waals surface area (Å²) in [7, 11) is 0. The van der Waals surface area contributed by atoms with E-state index in [2.05, 4.69) is 15.5 Å². The second-order valence-corrected chi connectivity index (χ2v) is 4.60. The van der Waals surface area contributed by atoms with Crippen LogP contribution in [0.2, 0.25) is 0 Å². The zero-order valence-corrected chi connectivity index (χ0v) is 9.97. The average Bonchev–Trinajstić information content (AvgIpc) is 2.90. The van der Waals surface area contributed by atoms with Gasteiger partial charge in [-0.25, -0.2) is 4.39 Å². The van der Waals surface area contributed by atoms with Gasteiger partial charge >= 0.3 is 0 Å². The van der Waals surface area contributed by atoms with E-state index in [1.165, 1.54) is 12.1 Å². The highest BCUT2D eigenvalue weighted by molar-refractivity contribution is 5.53. The predicted molar refractivity (Wildman–Crippen MR) is 63.3 cm³/mol. The Balaban J connectivity index is 1.82. The lowest BCUT2D eigenvalue weighted by atomic mass is 9.98. The summed E-state index contributed by atoms with van der Waals surface area (Å²) in [6.45, 7) is 2.22. The molecule has 4 nitrogen and oxygen atoms in total. The van der Waals surface area contributed by atoms with E-state index in [0.717, 1.165) is 31.5 Å². The van der Waals surface area contributed by atoms with E-state index in [-0.39, 0.29) is 5.82 Å². The molecule has 0 amide bonds. The van der Waals surface area contributed by atoms with E-state index < -0.39 is 0 Å². The Morgan fingerprint density at radius 3 is 2.61 bits per heavy atom. The fourth-order valence-electron chi connectivity index (χ4n) is 2.29. The number of rotatable bonds is 2. The first-order valence-corrected chi connectivity index (χ1v) is 6.24. The van der Waals surface area contributed by atoms with Gasteiger partial charge in [-0.15, -0.1) is 0 Å².